The smallest absolute Gasteiger partial charge is 0.385 e. The summed E-state index contributed by atoms with van der Waals surface area (Å²) in [4.78, 5) is 3.35. The SMILES string of the molecule is CC1(C)CC(O)(c2ccc(C(F)(F)F)nc2Cl)CCO1. The Morgan fingerprint density at radius 1 is 1.35 bits per heavy atom. The lowest BCUT2D eigenvalue weighted by Crippen LogP contribution is -2.44. The quantitative estimate of drug-likeness (QED) is 0.807. The third-order valence-electron chi connectivity index (χ3n) is 3.37. The Hall–Kier alpha value is -0.850. The molecule has 1 aromatic heterocycles. The average Bonchev–Trinajstić information content (AvgIpc) is 2.25. The minimum Gasteiger partial charge on any atom is -0.385 e. The van der Waals surface area contributed by atoms with Gasteiger partial charge in [0.25, 0.3) is 0 Å². The number of halogens is 4. The highest BCUT2D eigenvalue weighted by Gasteiger charge is 2.43. The number of hydrogen-bond donors (Lipinski definition) is 1. The maximum Gasteiger partial charge on any atom is 0.433 e. The van der Waals surface area contributed by atoms with E-state index in [0.29, 0.717) is 6.61 Å². The number of pyridine rings is 1. The van der Waals surface area contributed by atoms with E-state index in [9.17, 15) is 18.3 Å². The molecule has 20 heavy (non-hydrogen) atoms. The number of alkyl halides is 3. The highest BCUT2D eigenvalue weighted by atomic mass is 35.5. The van der Waals surface area contributed by atoms with Crippen LogP contribution in [-0.2, 0) is 16.5 Å². The minimum atomic E-state index is -4.56. The Kier molecular flexibility index (Phi) is 3.77. The number of hydrogen-bond acceptors (Lipinski definition) is 3. The number of ether oxygens (including phenoxy) is 1. The molecule has 0 amide bonds. The highest BCUT2D eigenvalue weighted by Crippen LogP contribution is 2.42. The van der Waals surface area contributed by atoms with Gasteiger partial charge in [-0.05, 0) is 19.9 Å². The van der Waals surface area contributed by atoms with Crippen molar-refractivity contribution in [3.05, 3.63) is 28.5 Å². The maximum atomic E-state index is 12.6. The predicted octanol–water partition coefficient (Wildman–Crippen LogP) is 3.53. The van der Waals surface area contributed by atoms with Gasteiger partial charge in [0.1, 0.15) is 10.8 Å². The second kappa shape index (κ2) is 4.86. The first-order chi connectivity index (χ1) is 9.04. The van der Waals surface area contributed by atoms with Crippen molar-refractivity contribution >= 4 is 11.6 Å². The fourth-order valence-corrected chi connectivity index (χ4v) is 2.84. The van der Waals surface area contributed by atoms with Gasteiger partial charge in [0.05, 0.1) is 17.8 Å². The van der Waals surface area contributed by atoms with Crippen molar-refractivity contribution in [3.63, 3.8) is 0 Å². The van der Waals surface area contributed by atoms with E-state index in [1.807, 2.05) is 13.8 Å². The van der Waals surface area contributed by atoms with E-state index in [4.69, 9.17) is 16.3 Å². The first-order valence-electron chi connectivity index (χ1n) is 6.14. The summed E-state index contributed by atoms with van der Waals surface area (Å²) in [7, 11) is 0. The monoisotopic (exact) mass is 309 g/mol. The molecule has 2 rings (SSSR count). The molecular formula is C13H15ClF3NO2. The molecule has 2 heterocycles. The number of aliphatic hydroxyl groups is 1. The highest BCUT2D eigenvalue weighted by molar-refractivity contribution is 6.30. The van der Waals surface area contributed by atoms with Crippen molar-refractivity contribution in [2.45, 2.75) is 44.1 Å². The Morgan fingerprint density at radius 3 is 2.50 bits per heavy atom. The van der Waals surface area contributed by atoms with Crippen molar-refractivity contribution in [2.24, 2.45) is 0 Å². The number of rotatable bonds is 1. The average molecular weight is 310 g/mol. The van der Waals surface area contributed by atoms with Gasteiger partial charge >= 0.3 is 6.18 Å². The third kappa shape index (κ3) is 3.07. The summed E-state index contributed by atoms with van der Waals surface area (Å²) in [5, 5.41) is 10.3. The standard InChI is InChI=1S/C13H15ClF3NO2/c1-11(2)7-12(19,5-6-20-11)8-3-4-9(13(15,16)17)18-10(8)14/h3-4,19H,5-7H2,1-2H3. The lowest BCUT2D eigenvalue weighted by Gasteiger charge is -2.41. The summed E-state index contributed by atoms with van der Waals surface area (Å²) in [5.74, 6) is 0. The van der Waals surface area contributed by atoms with Gasteiger partial charge in [-0.15, -0.1) is 0 Å². The molecule has 0 saturated carbocycles. The molecule has 1 saturated heterocycles. The molecule has 0 spiro atoms. The Labute approximate surface area is 119 Å². The second-order valence-electron chi connectivity index (χ2n) is 5.60. The van der Waals surface area contributed by atoms with Gasteiger partial charge in [0, 0.05) is 18.4 Å². The summed E-state index contributed by atoms with van der Waals surface area (Å²) in [6, 6.07) is 2.03. The van der Waals surface area contributed by atoms with Crippen molar-refractivity contribution < 1.29 is 23.0 Å². The van der Waals surface area contributed by atoms with E-state index >= 15 is 0 Å². The van der Waals surface area contributed by atoms with Crippen molar-refractivity contribution in [1.82, 2.24) is 4.98 Å². The first kappa shape index (κ1) is 15.5. The van der Waals surface area contributed by atoms with E-state index in [2.05, 4.69) is 4.98 Å². The second-order valence-corrected chi connectivity index (χ2v) is 5.96. The summed E-state index contributed by atoms with van der Waals surface area (Å²) >= 11 is 5.84. The molecule has 1 fully saturated rings. The number of nitrogens with zero attached hydrogens (tertiary/aromatic N) is 1. The van der Waals surface area contributed by atoms with Gasteiger partial charge in [-0.25, -0.2) is 4.98 Å². The Morgan fingerprint density at radius 2 is 2.00 bits per heavy atom. The fraction of sp³-hybridized carbons (Fsp3) is 0.615. The van der Waals surface area contributed by atoms with Crippen LogP contribution in [0.2, 0.25) is 5.15 Å². The predicted molar refractivity (Wildman–Crippen MR) is 67.4 cm³/mol. The van der Waals surface area contributed by atoms with Crippen molar-refractivity contribution in [2.75, 3.05) is 6.61 Å². The van der Waals surface area contributed by atoms with Crippen LogP contribution >= 0.6 is 11.6 Å². The third-order valence-corrected chi connectivity index (χ3v) is 3.66. The van der Waals surface area contributed by atoms with Gasteiger partial charge in [0.2, 0.25) is 0 Å². The van der Waals surface area contributed by atoms with E-state index in [1.165, 1.54) is 6.07 Å². The largest absolute Gasteiger partial charge is 0.433 e. The van der Waals surface area contributed by atoms with Gasteiger partial charge in [0.15, 0.2) is 0 Å². The van der Waals surface area contributed by atoms with E-state index in [-0.39, 0.29) is 23.6 Å². The van der Waals surface area contributed by atoms with Crippen LogP contribution < -0.4 is 0 Å². The molecule has 1 atom stereocenters. The molecule has 1 unspecified atom stereocenters. The summed E-state index contributed by atoms with van der Waals surface area (Å²) in [5.41, 5.74) is -2.75. The summed E-state index contributed by atoms with van der Waals surface area (Å²) in [6.07, 6.45) is -4.05. The molecule has 1 aromatic rings. The zero-order chi connectivity index (χ0) is 15.2. The van der Waals surface area contributed by atoms with Crippen LogP contribution in [0.1, 0.15) is 37.9 Å². The zero-order valence-electron chi connectivity index (χ0n) is 11.1. The van der Waals surface area contributed by atoms with Crippen LogP contribution in [0.3, 0.4) is 0 Å². The summed E-state index contributed by atoms with van der Waals surface area (Å²) in [6.45, 7) is 3.92. The molecular weight excluding hydrogens is 295 g/mol. The molecule has 0 radical (unpaired) electrons. The van der Waals surface area contributed by atoms with E-state index in [1.54, 1.807) is 0 Å². The van der Waals surface area contributed by atoms with Crippen molar-refractivity contribution in [3.8, 4) is 0 Å². The molecule has 112 valence electrons. The van der Waals surface area contributed by atoms with Crippen LogP contribution in [0.15, 0.2) is 12.1 Å². The van der Waals surface area contributed by atoms with E-state index in [0.717, 1.165) is 6.07 Å². The Bertz CT molecular complexity index is 519. The molecule has 7 heteroatoms. The molecule has 1 aliphatic rings. The van der Waals surface area contributed by atoms with Crippen LogP contribution in [0, 0.1) is 0 Å². The fourth-order valence-electron chi connectivity index (χ4n) is 2.51. The lowest BCUT2D eigenvalue weighted by molar-refractivity contribution is -0.149. The molecule has 0 aromatic carbocycles. The zero-order valence-corrected chi connectivity index (χ0v) is 11.8. The molecule has 0 aliphatic carbocycles. The molecule has 1 aliphatic heterocycles. The Balaban J connectivity index is 2.38. The molecule has 3 nitrogen and oxygen atoms in total. The van der Waals surface area contributed by atoms with Crippen LogP contribution in [0.5, 0.6) is 0 Å². The lowest BCUT2D eigenvalue weighted by atomic mass is 9.80. The van der Waals surface area contributed by atoms with Gasteiger partial charge < -0.3 is 9.84 Å². The van der Waals surface area contributed by atoms with Crippen molar-refractivity contribution in [1.29, 1.82) is 0 Å². The molecule has 0 bridgehead atoms. The van der Waals surface area contributed by atoms with Crippen LogP contribution in [-0.4, -0.2) is 22.3 Å². The first-order valence-corrected chi connectivity index (χ1v) is 6.52. The normalized spacial score (nSPS) is 26.6. The minimum absolute atomic E-state index is 0.212. The number of aromatic nitrogens is 1. The maximum absolute atomic E-state index is 12.6. The molecule has 1 N–H and O–H groups in total. The van der Waals surface area contributed by atoms with Gasteiger partial charge in [-0.3, -0.25) is 0 Å². The van der Waals surface area contributed by atoms with Gasteiger partial charge in [-0.1, -0.05) is 17.7 Å². The van der Waals surface area contributed by atoms with Gasteiger partial charge in [-0.2, -0.15) is 13.2 Å². The van der Waals surface area contributed by atoms with E-state index < -0.39 is 23.1 Å². The topological polar surface area (TPSA) is 42.4 Å². The van der Waals surface area contributed by atoms with Crippen LogP contribution in [0.25, 0.3) is 0 Å². The summed E-state index contributed by atoms with van der Waals surface area (Å²) < 4.78 is 43.2. The van der Waals surface area contributed by atoms with Crippen LogP contribution in [0.4, 0.5) is 13.2 Å².